The summed E-state index contributed by atoms with van der Waals surface area (Å²) in [6.45, 7) is 16.7. The average molecular weight is 509 g/mol. The molecule has 0 radical (unpaired) electrons. The zero-order chi connectivity index (χ0) is 27.1. The highest BCUT2D eigenvalue weighted by atomic mass is 17.1. The van der Waals surface area contributed by atoms with Crippen LogP contribution in [0.3, 0.4) is 0 Å². The first-order chi connectivity index (χ1) is 16.4. The SMILES string of the molecule is CC(C)(/C=C/C[C@](C)(O)[C@H]1CC[C@]2(C)[C@@H]1[C@H](O)[C@@H](O)[C@@H]1[C@@]3(C)CC[C@@H](O)C(C)(C)[C@H]3CC[C@]12C)OO. The Balaban J connectivity index is 1.69. The van der Waals surface area contributed by atoms with Gasteiger partial charge in [-0.1, -0.05) is 46.8 Å². The van der Waals surface area contributed by atoms with Crippen LogP contribution in [-0.4, -0.2) is 55.2 Å². The highest BCUT2D eigenvalue weighted by Gasteiger charge is 2.73. The molecule has 0 saturated heterocycles. The van der Waals surface area contributed by atoms with Crippen molar-refractivity contribution in [2.75, 3.05) is 0 Å². The number of hydrogen-bond acceptors (Lipinski definition) is 6. The average Bonchev–Trinajstić information content (AvgIpc) is 3.15. The molecule has 4 aliphatic carbocycles. The molecule has 0 aromatic heterocycles. The molecule has 0 aliphatic heterocycles. The van der Waals surface area contributed by atoms with Crippen molar-refractivity contribution in [1.82, 2.24) is 0 Å². The van der Waals surface area contributed by atoms with Gasteiger partial charge in [-0.25, -0.2) is 4.89 Å². The van der Waals surface area contributed by atoms with Crippen LogP contribution in [-0.2, 0) is 4.89 Å². The van der Waals surface area contributed by atoms with Gasteiger partial charge in [0.05, 0.1) is 23.9 Å². The Kier molecular flexibility index (Phi) is 6.93. The van der Waals surface area contributed by atoms with E-state index in [0.29, 0.717) is 6.42 Å². The van der Waals surface area contributed by atoms with E-state index in [2.05, 4.69) is 39.5 Å². The molecular formula is C30H52O6. The number of rotatable bonds is 5. The van der Waals surface area contributed by atoms with E-state index in [4.69, 9.17) is 5.26 Å². The van der Waals surface area contributed by atoms with Crippen molar-refractivity contribution in [3.05, 3.63) is 12.2 Å². The molecule has 4 saturated carbocycles. The Morgan fingerprint density at radius 1 is 0.861 bits per heavy atom. The van der Waals surface area contributed by atoms with Gasteiger partial charge in [0.2, 0.25) is 0 Å². The predicted molar refractivity (Wildman–Crippen MR) is 140 cm³/mol. The number of hydrogen-bond donors (Lipinski definition) is 5. The number of aliphatic hydroxyl groups is 4. The molecule has 4 rings (SSSR count). The maximum Gasteiger partial charge on any atom is 0.116 e. The second kappa shape index (κ2) is 8.76. The molecule has 0 unspecified atom stereocenters. The molecule has 6 nitrogen and oxygen atoms in total. The molecule has 11 atom stereocenters. The lowest BCUT2D eigenvalue weighted by Gasteiger charge is -2.71. The van der Waals surface area contributed by atoms with Crippen molar-refractivity contribution < 1.29 is 30.6 Å². The molecule has 4 fully saturated rings. The third-order valence-electron chi connectivity index (χ3n) is 12.5. The van der Waals surface area contributed by atoms with Crippen molar-refractivity contribution in [3.8, 4) is 0 Å². The lowest BCUT2D eigenvalue weighted by atomic mass is 9.34. The molecule has 0 heterocycles. The smallest absolute Gasteiger partial charge is 0.116 e. The van der Waals surface area contributed by atoms with Crippen LogP contribution >= 0.6 is 0 Å². The highest BCUT2D eigenvalue weighted by molar-refractivity contribution is 5.22. The van der Waals surface area contributed by atoms with E-state index in [-0.39, 0.29) is 51.4 Å². The fourth-order valence-corrected chi connectivity index (χ4v) is 10.3. The van der Waals surface area contributed by atoms with Crippen LogP contribution in [0.2, 0.25) is 0 Å². The van der Waals surface area contributed by atoms with Crippen molar-refractivity contribution in [1.29, 1.82) is 0 Å². The van der Waals surface area contributed by atoms with Gasteiger partial charge >= 0.3 is 0 Å². The van der Waals surface area contributed by atoms with E-state index in [1.165, 1.54) is 0 Å². The van der Waals surface area contributed by atoms with Gasteiger partial charge in [-0.3, -0.25) is 5.26 Å². The largest absolute Gasteiger partial charge is 0.393 e. The Hall–Kier alpha value is -0.500. The third-order valence-corrected chi connectivity index (χ3v) is 12.5. The summed E-state index contributed by atoms with van der Waals surface area (Å²) < 4.78 is 0. The zero-order valence-corrected chi connectivity index (χ0v) is 23.8. The van der Waals surface area contributed by atoms with Gasteiger partial charge in [-0.15, -0.1) is 0 Å². The van der Waals surface area contributed by atoms with Crippen molar-refractivity contribution in [2.24, 2.45) is 45.3 Å². The Morgan fingerprint density at radius 3 is 2.08 bits per heavy atom. The minimum Gasteiger partial charge on any atom is -0.393 e. The molecule has 36 heavy (non-hydrogen) atoms. The summed E-state index contributed by atoms with van der Waals surface area (Å²) in [5.41, 5.74) is -2.67. The van der Waals surface area contributed by atoms with Crippen molar-refractivity contribution >= 4 is 0 Å². The van der Waals surface area contributed by atoms with Crippen LogP contribution < -0.4 is 0 Å². The van der Waals surface area contributed by atoms with Gasteiger partial charge in [0.1, 0.15) is 5.60 Å². The van der Waals surface area contributed by atoms with Crippen molar-refractivity contribution in [2.45, 2.75) is 130 Å². The van der Waals surface area contributed by atoms with Crippen LogP contribution in [0.4, 0.5) is 0 Å². The predicted octanol–water partition coefficient (Wildman–Crippen LogP) is 4.94. The van der Waals surface area contributed by atoms with Crippen LogP contribution in [0.5, 0.6) is 0 Å². The fraction of sp³-hybridized carbons (Fsp3) is 0.933. The lowest BCUT2D eigenvalue weighted by Crippen LogP contribution is -2.71. The van der Waals surface area contributed by atoms with Gasteiger partial charge in [0.25, 0.3) is 0 Å². The zero-order valence-electron chi connectivity index (χ0n) is 23.8. The summed E-state index contributed by atoms with van der Waals surface area (Å²) in [5.74, 6) is -0.126. The van der Waals surface area contributed by atoms with E-state index < -0.39 is 23.4 Å². The topological polar surface area (TPSA) is 110 Å². The monoisotopic (exact) mass is 508 g/mol. The lowest BCUT2D eigenvalue weighted by molar-refractivity contribution is -0.297. The van der Waals surface area contributed by atoms with Crippen molar-refractivity contribution in [3.63, 3.8) is 0 Å². The first-order valence-electron chi connectivity index (χ1n) is 14.2. The Labute approximate surface area is 218 Å². The number of aliphatic hydroxyl groups excluding tert-OH is 3. The third kappa shape index (κ3) is 3.88. The summed E-state index contributed by atoms with van der Waals surface area (Å²) in [6.07, 6.45) is 7.16. The van der Waals surface area contributed by atoms with Crippen LogP contribution in [0.1, 0.15) is 100 Å². The van der Waals surface area contributed by atoms with E-state index in [9.17, 15) is 20.4 Å². The number of fused-ring (bicyclic) bond motifs is 5. The van der Waals surface area contributed by atoms with Gasteiger partial charge < -0.3 is 20.4 Å². The van der Waals surface area contributed by atoms with E-state index in [1.54, 1.807) is 19.9 Å². The maximum atomic E-state index is 11.9. The summed E-state index contributed by atoms with van der Waals surface area (Å²) >= 11 is 0. The molecule has 5 N–H and O–H groups in total. The van der Waals surface area contributed by atoms with Gasteiger partial charge in [0.15, 0.2) is 0 Å². The van der Waals surface area contributed by atoms with Gasteiger partial charge in [-0.05, 0) is 111 Å². The van der Waals surface area contributed by atoms with Gasteiger partial charge in [-0.2, -0.15) is 0 Å². The molecule has 6 heteroatoms. The molecular weight excluding hydrogens is 456 g/mol. The standard InChI is InChI=1S/C30H52O6/c1-25(2,36-35)13-9-14-30(8,34)18-10-16-28(6)21(18)22(32)23(33)24-27(5)15-12-20(31)26(3,4)19(27)11-17-29(24,28)7/h9,13,18-24,31-35H,10-12,14-17H2,1-8H3/b13-9+/t18-,19+,20+,21-,22-,23+,24+,27-,28+,29+,30-/m0/s1. The summed E-state index contributed by atoms with van der Waals surface area (Å²) in [7, 11) is 0. The quantitative estimate of drug-likeness (QED) is 0.204. The van der Waals surface area contributed by atoms with E-state index in [1.807, 2.05) is 13.0 Å². The molecule has 0 amide bonds. The summed E-state index contributed by atoms with van der Waals surface area (Å²) in [5, 5.41) is 55.3. The minimum absolute atomic E-state index is 0.0575. The second-order valence-corrected chi connectivity index (χ2v) is 15.1. The summed E-state index contributed by atoms with van der Waals surface area (Å²) in [6, 6.07) is 0. The first-order valence-corrected chi connectivity index (χ1v) is 14.2. The Bertz CT molecular complexity index is 866. The normalized spacial score (nSPS) is 50.3. The summed E-state index contributed by atoms with van der Waals surface area (Å²) in [4.78, 5) is 4.50. The fourth-order valence-electron chi connectivity index (χ4n) is 10.3. The van der Waals surface area contributed by atoms with Gasteiger partial charge in [0, 0.05) is 0 Å². The minimum atomic E-state index is -1.06. The first kappa shape index (κ1) is 28.5. The highest BCUT2D eigenvalue weighted by Crippen LogP contribution is 2.75. The van der Waals surface area contributed by atoms with Crippen LogP contribution in [0.15, 0.2) is 12.2 Å². The Morgan fingerprint density at radius 2 is 1.47 bits per heavy atom. The van der Waals surface area contributed by atoms with E-state index in [0.717, 1.165) is 38.5 Å². The molecule has 0 aromatic rings. The van der Waals surface area contributed by atoms with Crippen LogP contribution in [0.25, 0.3) is 0 Å². The molecule has 208 valence electrons. The second-order valence-electron chi connectivity index (χ2n) is 15.1. The molecule has 0 bridgehead atoms. The van der Waals surface area contributed by atoms with E-state index >= 15 is 0 Å². The molecule has 4 aliphatic rings. The molecule has 0 spiro atoms. The van der Waals surface area contributed by atoms with Crippen LogP contribution in [0, 0.1) is 45.3 Å². The molecule has 0 aromatic carbocycles. The maximum absolute atomic E-state index is 11.9.